The van der Waals surface area contributed by atoms with Crippen molar-refractivity contribution in [2.24, 2.45) is 5.41 Å². The van der Waals surface area contributed by atoms with Crippen molar-refractivity contribution in [1.29, 1.82) is 0 Å². The van der Waals surface area contributed by atoms with E-state index in [-0.39, 0.29) is 0 Å². The van der Waals surface area contributed by atoms with Crippen LogP contribution in [0.4, 0.5) is 0 Å². The predicted octanol–water partition coefficient (Wildman–Crippen LogP) is 2.11. The summed E-state index contributed by atoms with van der Waals surface area (Å²) in [4.78, 5) is 2.42. The second kappa shape index (κ2) is 5.13. The zero-order valence-corrected chi connectivity index (χ0v) is 10.3. The van der Waals surface area contributed by atoms with Crippen LogP contribution < -0.4 is 5.32 Å². The predicted molar refractivity (Wildman–Crippen MR) is 62.6 cm³/mol. The molecule has 1 fully saturated rings. The first-order valence-corrected chi connectivity index (χ1v) is 5.89. The number of likely N-dealkylation sites (N-methyl/N-ethyl adjacent to an activating group) is 1. The third-order valence-electron chi connectivity index (χ3n) is 3.03. The van der Waals surface area contributed by atoms with E-state index in [0.29, 0.717) is 5.41 Å². The fourth-order valence-corrected chi connectivity index (χ4v) is 1.90. The molecule has 0 radical (unpaired) electrons. The van der Waals surface area contributed by atoms with Crippen LogP contribution in [0, 0.1) is 5.41 Å². The van der Waals surface area contributed by atoms with Gasteiger partial charge in [-0.15, -0.1) is 0 Å². The molecular weight excluding hydrogens is 172 g/mol. The van der Waals surface area contributed by atoms with Crippen molar-refractivity contribution in [3.63, 3.8) is 0 Å². The molecule has 1 atom stereocenters. The standard InChI is InChI=1S/C12H26N2/c1-12(2,3)7-5-11-6-9-14(4)10-8-13-11/h11,13H,5-10H2,1-4H3. The van der Waals surface area contributed by atoms with Crippen LogP contribution >= 0.6 is 0 Å². The minimum atomic E-state index is 0.486. The lowest BCUT2D eigenvalue weighted by Gasteiger charge is -2.22. The minimum absolute atomic E-state index is 0.486. The van der Waals surface area contributed by atoms with Crippen LogP contribution in [0.5, 0.6) is 0 Å². The van der Waals surface area contributed by atoms with Gasteiger partial charge < -0.3 is 10.2 Å². The van der Waals surface area contributed by atoms with Gasteiger partial charge in [0.1, 0.15) is 0 Å². The van der Waals surface area contributed by atoms with Crippen LogP contribution in [0.25, 0.3) is 0 Å². The van der Waals surface area contributed by atoms with Gasteiger partial charge in [-0.25, -0.2) is 0 Å². The van der Waals surface area contributed by atoms with Gasteiger partial charge in [0.05, 0.1) is 0 Å². The van der Waals surface area contributed by atoms with E-state index in [4.69, 9.17) is 0 Å². The highest BCUT2D eigenvalue weighted by Gasteiger charge is 2.17. The molecule has 2 heteroatoms. The molecular formula is C12H26N2. The summed E-state index contributed by atoms with van der Waals surface area (Å²) in [7, 11) is 2.22. The van der Waals surface area contributed by atoms with E-state index in [1.807, 2.05) is 0 Å². The molecule has 1 aliphatic rings. The van der Waals surface area contributed by atoms with Crippen LogP contribution in [0.3, 0.4) is 0 Å². The Hall–Kier alpha value is -0.0800. The molecule has 1 aliphatic heterocycles. The second-order valence-electron chi connectivity index (χ2n) is 5.84. The summed E-state index contributed by atoms with van der Waals surface area (Å²) in [5.41, 5.74) is 0.486. The SMILES string of the molecule is CN1CCNC(CCC(C)(C)C)CC1. The Balaban J connectivity index is 2.24. The van der Waals surface area contributed by atoms with Crippen LogP contribution in [-0.2, 0) is 0 Å². The average Bonchev–Trinajstić information content (AvgIpc) is 2.25. The summed E-state index contributed by atoms with van der Waals surface area (Å²) >= 11 is 0. The smallest absolute Gasteiger partial charge is 0.0104 e. The van der Waals surface area contributed by atoms with Crippen LogP contribution in [-0.4, -0.2) is 37.6 Å². The summed E-state index contributed by atoms with van der Waals surface area (Å²) in [6, 6.07) is 0.749. The molecule has 0 spiro atoms. The van der Waals surface area contributed by atoms with Crippen LogP contribution in [0.15, 0.2) is 0 Å². The van der Waals surface area contributed by atoms with E-state index < -0.39 is 0 Å². The zero-order chi connectivity index (χ0) is 10.6. The van der Waals surface area contributed by atoms with E-state index in [1.54, 1.807) is 0 Å². The van der Waals surface area contributed by atoms with Gasteiger partial charge in [-0.2, -0.15) is 0 Å². The third-order valence-corrected chi connectivity index (χ3v) is 3.03. The van der Waals surface area contributed by atoms with Crippen LogP contribution in [0.2, 0.25) is 0 Å². The number of nitrogens with zero attached hydrogens (tertiary/aromatic N) is 1. The van der Waals surface area contributed by atoms with Gasteiger partial charge in [-0.3, -0.25) is 0 Å². The molecule has 1 unspecified atom stereocenters. The molecule has 0 bridgehead atoms. The summed E-state index contributed by atoms with van der Waals surface area (Å²) in [5.74, 6) is 0. The molecule has 0 aromatic carbocycles. The fourth-order valence-electron chi connectivity index (χ4n) is 1.90. The summed E-state index contributed by atoms with van der Waals surface area (Å²) < 4.78 is 0. The molecule has 2 nitrogen and oxygen atoms in total. The molecule has 84 valence electrons. The van der Waals surface area contributed by atoms with Gasteiger partial charge in [0.15, 0.2) is 0 Å². The quantitative estimate of drug-likeness (QED) is 0.731. The normalized spacial score (nSPS) is 26.1. The van der Waals surface area contributed by atoms with Crippen molar-refractivity contribution in [3.05, 3.63) is 0 Å². The van der Waals surface area contributed by atoms with Crippen molar-refractivity contribution in [1.82, 2.24) is 10.2 Å². The zero-order valence-electron chi connectivity index (χ0n) is 10.3. The second-order valence-corrected chi connectivity index (χ2v) is 5.84. The van der Waals surface area contributed by atoms with Gasteiger partial charge in [0, 0.05) is 19.1 Å². The van der Waals surface area contributed by atoms with Crippen molar-refractivity contribution >= 4 is 0 Å². The van der Waals surface area contributed by atoms with E-state index in [9.17, 15) is 0 Å². The van der Waals surface area contributed by atoms with Gasteiger partial charge in [0.25, 0.3) is 0 Å². The number of rotatable bonds is 2. The first-order chi connectivity index (χ1) is 6.47. The van der Waals surface area contributed by atoms with Crippen LogP contribution in [0.1, 0.15) is 40.0 Å². The summed E-state index contributed by atoms with van der Waals surface area (Å²) in [5, 5.41) is 3.64. The van der Waals surface area contributed by atoms with E-state index >= 15 is 0 Å². The fraction of sp³-hybridized carbons (Fsp3) is 1.00. The first kappa shape index (κ1) is 12.0. The lowest BCUT2D eigenvalue weighted by atomic mass is 9.88. The molecule has 0 aromatic rings. The Labute approximate surface area is 89.1 Å². The molecule has 0 aliphatic carbocycles. The largest absolute Gasteiger partial charge is 0.313 e. The highest BCUT2D eigenvalue weighted by molar-refractivity contribution is 4.75. The number of hydrogen-bond donors (Lipinski definition) is 1. The average molecular weight is 198 g/mol. The van der Waals surface area contributed by atoms with Gasteiger partial charge in [0.2, 0.25) is 0 Å². The van der Waals surface area contributed by atoms with Gasteiger partial charge in [-0.05, 0) is 38.3 Å². The van der Waals surface area contributed by atoms with Crippen molar-refractivity contribution in [2.45, 2.75) is 46.1 Å². The van der Waals surface area contributed by atoms with Crippen molar-refractivity contribution in [2.75, 3.05) is 26.7 Å². The summed E-state index contributed by atoms with van der Waals surface area (Å²) in [6.07, 6.45) is 3.97. The monoisotopic (exact) mass is 198 g/mol. The van der Waals surface area contributed by atoms with Crippen molar-refractivity contribution < 1.29 is 0 Å². The van der Waals surface area contributed by atoms with E-state index in [2.05, 4.69) is 38.0 Å². The lowest BCUT2D eigenvalue weighted by Crippen LogP contribution is -2.30. The highest BCUT2D eigenvalue weighted by Crippen LogP contribution is 2.22. The Bertz CT molecular complexity index is 160. The maximum absolute atomic E-state index is 3.64. The molecule has 14 heavy (non-hydrogen) atoms. The highest BCUT2D eigenvalue weighted by atomic mass is 15.1. The number of nitrogens with one attached hydrogen (secondary N) is 1. The Morgan fingerprint density at radius 2 is 2.00 bits per heavy atom. The number of hydrogen-bond acceptors (Lipinski definition) is 2. The molecule has 0 saturated carbocycles. The first-order valence-electron chi connectivity index (χ1n) is 5.89. The molecule has 1 saturated heterocycles. The van der Waals surface area contributed by atoms with Crippen molar-refractivity contribution in [3.8, 4) is 0 Å². The molecule has 0 aromatic heterocycles. The maximum atomic E-state index is 3.64. The van der Waals surface area contributed by atoms with E-state index in [1.165, 1.54) is 32.4 Å². The molecule has 1 N–H and O–H groups in total. The van der Waals surface area contributed by atoms with Gasteiger partial charge >= 0.3 is 0 Å². The molecule has 0 amide bonds. The third kappa shape index (κ3) is 4.97. The Morgan fingerprint density at radius 1 is 1.29 bits per heavy atom. The lowest BCUT2D eigenvalue weighted by molar-refractivity contribution is 0.321. The van der Waals surface area contributed by atoms with Gasteiger partial charge in [-0.1, -0.05) is 20.8 Å². The Kier molecular flexibility index (Phi) is 4.39. The topological polar surface area (TPSA) is 15.3 Å². The molecule has 1 rings (SSSR count). The minimum Gasteiger partial charge on any atom is -0.313 e. The Morgan fingerprint density at radius 3 is 2.64 bits per heavy atom. The maximum Gasteiger partial charge on any atom is 0.0104 e. The summed E-state index contributed by atoms with van der Waals surface area (Å²) in [6.45, 7) is 10.6. The van der Waals surface area contributed by atoms with E-state index in [0.717, 1.165) is 12.6 Å². The molecule has 1 heterocycles.